The number of hydrogen-bond acceptors (Lipinski definition) is 1. The van der Waals surface area contributed by atoms with Crippen molar-refractivity contribution in [2.75, 3.05) is 0 Å². The summed E-state index contributed by atoms with van der Waals surface area (Å²) in [4.78, 5) is 0. The van der Waals surface area contributed by atoms with Crippen molar-refractivity contribution < 1.29 is 5.11 Å². The molecule has 0 bridgehead atoms. The number of unbranched alkanes of at least 4 members (excludes halogenated alkanes) is 8. The van der Waals surface area contributed by atoms with E-state index in [2.05, 4.69) is 13.0 Å². The largest absolute Gasteiger partial charge is 0.386 e. The first-order valence-corrected chi connectivity index (χ1v) is 6.96. The zero-order chi connectivity index (χ0) is 12.3. The molecule has 0 spiro atoms. The third-order valence-corrected chi connectivity index (χ3v) is 2.75. The lowest BCUT2D eigenvalue weighted by atomic mass is 10.1. The van der Waals surface area contributed by atoms with Crippen molar-refractivity contribution in [1.82, 2.24) is 0 Å². The highest BCUT2D eigenvalue weighted by molar-refractivity contribution is 4.94. The second-order valence-electron chi connectivity index (χ2n) is 5.32. The molecule has 16 heavy (non-hydrogen) atoms. The van der Waals surface area contributed by atoms with Crippen LogP contribution in [0.3, 0.4) is 0 Å². The van der Waals surface area contributed by atoms with Gasteiger partial charge in [-0.2, -0.15) is 0 Å². The van der Waals surface area contributed by atoms with Crippen molar-refractivity contribution in [2.24, 2.45) is 0 Å². The summed E-state index contributed by atoms with van der Waals surface area (Å²) in [5, 5.41) is 9.45. The van der Waals surface area contributed by atoms with Crippen molar-refractivity contribution in [2.45, 2.75) is 84.2 Å². The van der Waals surface area contributed by atoms with Gasteiger partial charge >= 0.3 is 0 Å². The summed E-state index contributed by atoms with van der Waals surface area (Å²) in [6.45, 7) is 5.89. The molecule has 1 nitrogen and oxygen atoms in total. The third-order valence-electron chi connectivity index (χ3n) is 2.75. The number of allylic oxidation sites excluding steroid dienone is 1. The fraction of sp³-hybridized carbons (Fsp3) is 0.867. The smallest absolute Gasteiger partial charge is 0.0771 e. The molecule has 0 amide bonds. The van der Waals surface area contributed by atoms with Gasteiger partial charge in [0.25, 0.3) is 0 Å². The third kappa shape index (κ3) is 13.7. The molecular formula is C15H30O. The molecule has 0 aromatic carbocycles. The van der Waals surface area contributed by atoms with E-state index < -0.39 is 5.60 Å². The van der Waals surface area contributed by atoms with Gasteiger partial charge in [0.2, 0.25) is 0 Å². The van der Waals surface area contributed by atoms with Crippen LogP contribution in [0.4, 0.5) is 0 Å². The summed E-state index contributed by atoms with van der Waals surface area (Å²) in [5.41, 5.74) is -0.639. The summed E-state index contributed by atoms with van der Waals surface area (Å²) in [7, 11) is 0. The molecule has 0 rings (SSSR count). The van der Waals surface area contributed by atoms with Crippen LogP contribution in [0, 0.1) is 0 Å². The van der Waals surface area contributed by atoms with Crippen LogP contribution in [0.2, 0.25) is 0 Å². The quantitative estimate of drug-likeness (QED) is 0.417. The van der Waals surface area contributed by atoms with E-state index in [1.54, 1.807) is 0 Å². The van der Waals surface area contributed by atoms with Crippen LogP contribution in [-0.2, 0) is 0 Å². The van der Waals surface area contributed by atoms with E-state index in [1.165, 1.54) is 51.4 Å². The minimum atomic E-state index is -0.639. The topological polar surface area (TPSA) is 20.2 Å². The molecule has 0 fully saturated rings. The summed E-state index contributed by atoms with van der Waals surface area (Å²) < 4.78 is 0. The van der Waals surface area contributed by atoms with E-state index in [-0.39, 0.29) is 0 Å². The molecule has 0 aliphatic heterocycles. The van der Waals surface area contributed by atoms with Gasteiger partial charge in [-0.1, -0.05) is 64.0 Å². The lowest BCUT2D eigenvalue weighted by Gasteiger charge is -2.09. The highest BCUT2D eigenvalue weighted by Crippen LogP contribution is 2.10. The maximum absolute atomic E-state index is 9.45. The van der Waals surface area contributed by atoms with Gasteiger partial charge in [-0.3, -0.25) is 0 Å². The van der Waals surface area contributed by atoms with E-state index in [0.717, 1.165) is 6.42 Å². The van der Waals surface area contributed by atoms with Crippen LogP contribution in [0.25, 0.3) is 0 Å². The van der Waals surface area contributed by atoms with Gasteiger partial charge in [0.05, 0.1) is 5.60 Å². The maximum Gasteiger partial charge on any atom is 0.0771 e. The predicted octanol–water partition coefficient (Wildman–Crippen LogP) is 4.84. The van der Waals surface area contributed by atoms with Gasteiger partial charge in [0, 0.05) is 0 Å². The summed E-state index contributed by atoms with van der Waals surface area (Å²) in [6, 6.07) is 0. The van der Waals surface area contributed by atoms with Gasteiger partial charge in [-0.05, 0) is 26.7 Å². The normalized spacial score (nSPS) is 12.5. The summed E-state index contributed by atoms with van der Waals surface area (Å²) >= 11 is 0. The molecule has 0 heterocycles. The highest BCUT2D eigenvalue weighted by atomic mass is 16.3. The minimum absolute atomic E-state index is 0.639. The Morgan fingerprint density at radius 1 is 0.875 bits per heavy atom. The predicted molar refractivity (Wildman–Crippen MR) is 72.7 cm³/mol. The minimum Gasteiger partial charge on any atom is -0.386 e. The van der Waals surface area contributed by atoms with Crippen molar-refractivity contribution in [3.05, 3.63) is 12.2 Å². The molecule has 0 aliphatic rings. The van der Waals surface area contributed by atoms with Gasteiger partial charge in [-0.25, -0.2) is 0 Å². The van der Waals surface area contributed by atoms with E-state index in [0.29, 0.717) is 0 Å². The van der Waals surface area contributed by atoms with Gasteiger partial charge in [0.1, 0.15) is 0 Å². The van der Waals surface area contributed by atoms with Crippen molar-refractivity contribution >= 4 is 0 Å². The van der Waals surface area contributed by atoms with Gasteiger partial charge < -0.3 is 5.11 Å². The molecule has 0 saturated carbocycles. The SMILES string of the molecule is CCCCCCCCCC/C=C/C(C)(C)O. The highest BCUT2D eigenvalue weighted by Gasteiger charge is 2.04. The van der Waals surface area contributed by atoms with Crippen LogP contribution in [0.1, 0.15) is 78.6 Å². The lowest BCUT2D eigenvalue weighted by molar-refractivity contribution is 0.133. The zero-order valence-corrected chi connectivity index (χ0v) is 11.5. The molecule has 0 aliphatic carbocycles. The molecule has 1 heteroatoms. The lowest BCUT2D eigenvalue weighted by Crippen LogP contribution is -2.13. The van der Waals surface area contributed by atoms with Crippen LogP contribution in [0.15, 0.2) is 12.2 Å². The second kappa shape index (κ2) is 9.89. The Hall–Kier alpha value is -0.300. The molecule has 0 aromatic rings. The Bertz CT molecular complexity index is 165. The average molecular weight is 226 g/mol. The average Bonchev–Trinajstić information content (AvgIpc) is 2.19. The Morgan fingerprint density at radius 2 is 1.38 bits per heavy atom. The number of rotatable bonds is 10. The van der Waals surface area contributed by atoms with E-state index in [4.69, 9.17) is 0 Å². The first-order chi connectivity index (χ1) is 7.56. The second-order valence-corrected chi connectivity index (χ2v) is 5.32. The molecule has 0 unspecified atom stereocenters. The van der Waals surface area contributed by atoms with Crippen LogP contribution in [-0.4, -0.2) is 10.7 Å². The fourth-order valence-electron chi connectivity index (χ4n) is 1.77. The van der Waals surface area contributed by atoms with Gasteiger partial charge in [0.15, 0.2) is 0 Å². The van der Waals surface area contributed by atoms with Crippen molar-refractivity contribution in [3.63, 3.8) is 0 Å². The molecule has 0 aromatic heterocycles. The van der Waals surface area contributed by atoms with Crippen LogP contribution >= 0.6 is 0 Å². The Kier molecular flexibility index (Phi) is 9.71. The summed E-state index contributed by atoms with van der Waals surface area (Å²) in [5.74, 6) is 0. The fourth-order valence-corrected chi connectivity index (χ4v) is 1.77. The first-order valence-electron chi connectivity index (χ1n) is 6.96. The Labute approximate surface area is 102 Å². The van der Waals surface area contributed by atoms with Crippen LogP contribution in [0.5, 0.6) is 0 Å². The molecule has 0 saturated heterocycles. The van der Waals surface area contributed by atoms with Gasteiger partial charge in [-0.15, -0.1) is 0 Å². The van der Waals surface area contributed by atoms with Crippen molar-refractivity contribution in [1.29, 1.82) is 0 Å². The standard InChI is InChI=1S/C15H30O/c1-4-5-6-7-8-9-10-11-12-13-14-15(2,3)16/h13-14,16H,4-12H2,1-3H3/b14-13+. The molecule has 96 valence electrons. The zero-order valence-electron chi connectivity index (χ0n) is 11.5. The van der Waals surface area contributed by atoms with Crippen LogP contribution < -0.4 is 0 Å². The van der Waals surface area contributed by atoms with E-state index in [9.17, 15) is 5.11 Å². The molecule has 0 atom stereocenters. The first kappa shape index (κ1) is 15.7. The number of hydrogen-bond donors (Lipinski definition) is 1. The summed E-state index contributed by atoms with van der Waals surface area (Å²) in [6.07, 6.45) is 16.0. The maximum atomic E-state index is 9.45. The molecule has 0 radical (unpaired) electrons. The Morgan fingerprint density at radius 3 is 1.88 bits per heavy atom. The molecular weight excluding hydrogens is 196 g/mol. The molecule has 1 N–H and O–H groups in total. The van der Waals surface area contributed by atoms with Crippen molar-refractivity contribution in [3.8, 4) is 0 Å². The number of aliphatic hydroxyl groups is 1. The Balaban J connectivity index is 3.13. The van der Waals surface area contributed by atoms with E-state index in [1.807, 2.05) is 19.9 Å². The van der Waals surface area contributed by atoms with E-state index >= 15 is 0 Å². The monoisotopic (exact) mass is 226 g/mol.